The van der Waals surface area contributed by atoms with Gasteiger partial charge in [-0.3, -0.25) is 0 Å². The summed E-state index contributed by atoms with van der Waals surface area (Å²) in [6, 6.07) is 1.68. The lowest BCUT2D eigenvalue weighted by Crippen LogP contribution is -2.34. The van der Waals surface area contributed by atoms with Crippen LogP contribution in [0.2, 0.25) is 0 Å². The fraction of sp³-hybridized carbons (Fsp3) is 0.636. The van der Waals surface area contributed by atoms with Crippen LogP contribution in [0.5, 0.6) is 5.75 Å². The third-order valence-electron chi connectivity index (χ3n) is 3.41. The number of hydrogen-bond donors (Lipinski definition) is 1. The van der Waals surface area contributed by atoms with Crippen LogP contribution in [0.4, 0.5) is 0 Å². The van der Waals surface area contributed by atoms with Crippen molar-refractivity contribution >= 4 is 21.4 Å². The van der Waals surface area contributed by atoms with Crippen LogP contribution in [-0.2, 0) is 10.0 Å². The molecule has 2 heterocycles. The largest absolute Gasteiger partial charge is 0.494 e. The number of nitrogens with two attached hydrogens (primary N) is 1. The lowest BCUT2D eigenvalue weighted by atomic mass is 9.90. The quantitative estimate of drug-likeness (QED) is 0.902. The molecule has 2 rings (SSSR count). The van der Waals surface area contributed by atoms with Crippen molar-refractivity contribution in [3.63, 3.8) is 0 Å². The summed E-state index contributed by atoms with van der Waals surface area (Å²) >= 11 is 1.19. The predicted octanol–water partition coefficient (Wildman–Crippen LogP) is 1.12. The Morgan fingerprint density at radius 2 is 2.33 bits per heavy atom. The van der Waals surface area contributed by atoms with Gasteiger partial charge in [0, 0.05) is 13.1 Å². The molecule has 1 aromatic rings. The monoisotopic (exact) mass is 290 g/mol. The van der Waals surface area contributed by atoms with Crippen molar-refractivity contribution in [3.8, 4) is 5.75 Å². The van der Waals surface area contributed by atoms with Gasteiger partial charge in [0.2, 0.25) is 0 Å². The highest BCUT2D eigenvalue weighted by molar-refractivity contribution is 7.91. The molecule has 1 atom stereocenters. The molecule has 5 nitrogen and oxygen atoms in total. The molecule has 7 heteroatoms. The molecule has 0 bridgehead atoms. The molecule has 1 aliphatic rings. The Morgan fingerprint density at radius 3 is 2.89 bits per heavy atom. The van der Waals surface area contributed by atoms with Crippen molar-refractivity contribution in [1.82, 2.24) is 4.31 Å². The molecule has 1 fully saturated rings. The Balaban J connectivity index is 2.29. The maximum absolute atomic E-state index is 12.5. The minimum absolute atomic E-state index is 0.114. The van der Waals surface area contributed by atoms with E-state index in [1.165, 1.54) is 22.8 Å². The van der Waals surface area contributed by atoms with Gasteiger partial charge in [0.15, 0.2) is 4.21 Å². The van der Waals surface area contributed by atoms with E-state index in [1.807, 2.05) is 6.92 Å². The molecule has 18 heavy (non-hydrogen) atoms. The van der Waals surface area contributed by atoms with E-state index in [2.05, 4.69) is 0 Å². The zero-order valence-corrected chi connectivity index (χ0v) is 12.2. The third-order valence-corrected chi connectivity index (χ3v) is 6.67. The van der Waals surface area contributed by atoms with E-state index >= 15 is 0 Å². The highest BCUT2D eigenvalue weighted by atomic mass is 32.2. The molecule has 0 radical (unpaired) electrons. The smallest absolute Gasteiger partial charge is 0.256 e. The number of nitrogens with zero attached hydrogens (tertiary/aromatic N) is 1. The maximum Gasteiger partial charge on any atom is 0.256 e. The second kappa shape index (κ2) is 4.80. The van der Waals surface area contributed by atoms with Gasteiger partial charge in [-0.15, -0.1) is 11.3 Å². The molecule has 0 aromatic carbocycles. The molecule has 0 saturated carbocycles. The summed E-state index contributed by atoms with van der Waals surface area (Å²) < 4.78 is 31.9. The van der Waals surface area contributed by atoms with Crippen molar-refractivity contribution in [3.05, 3.63) is 11.4 Å². The molecule has 0 amide bonds. The first-order valence-corrected chi connectivity index (χ1v) is 8.07. The Hall–Kier alpha value is -0.630. The van der Waals surface area contributed by atoms with E-state index in [-0.39, 0.29) is 9.62 Å². The van der Waals surface area contributed by atoms with E-state index < -0.39 is 10.0 Å². The molecule has 0 spiro atoms. The van der Waals surface area contributed by atoms with E-state index in [0.29, 0.717) is 25.4 Å². The van der Waals surface area contributed by atoms with E-state index in [1.54, 1.807) is 11.4 Å². The number of methoxy groups -OCH3 is 1. The van der Waals surface area contributed by atoms with Gasteiger partial charge >= 0.3 is 0 Å². The molecule has 0 aliphatic carbocycles. The fourth-order valence-electron chi connectivity index (χ4n) is 2.09. The Labute approximate surface area is 112 Å². The summed E-state index contributed by atoms with van der Waals surface area (Å²) in [4.78, 5) is 0. The molecule has 1 aromatic heterocycles. The fourth-order valence-corrected chi connectivity index (χ4v) is 5.10. The van der Waals surface area contributed by atoms with Gasteiger partial charge in [-0.05, 0) is 29.8 Å². The summed E-state index contributed by atoms with van der Waals surface area (Å²) in [5.41, 5.74) is 5.59. The van der Waals surface area contributed by atoms with Crippen LogP contribution in [0, 0.1) is 5.41 Å². The van der Waals surface area contributed by atoms with Gasteiger partial charge in [-0.2, -0.15) is 4.31 Å². The zero-order chi connectivity index (χ0) is 13.4. The first kappa shape index (κ1) is 13.8. The standard InChI is InChI=1S/C11H18N2O3S2/c1-11(7-12)4-5-13(8-11)18(14,15)10-9(16-2)3-6-17-10/h3,6H,4-5,7-8,12H2,1-2H3. The Morgan fingerprint density at radius 1 is 1.61 bits per heavy atom. The van der Waals surface area contributed by atoms with Crippen LogP contribution in [0.25, 0.3) is 0 Å². The summed E-state index contributed by atoms with van der Waals surface area (Å²) in [6.45, 7) is 3.53. The molecular weight excluding hydrogens is 272 g/mol. The normalized spacial score (nSPS) is 25.5. The van der Waals surface area contributed by atoms with Crippen LogP contribution in [0.15, 0.2) is 15.7 Å². The minimum atomic E-state index is -3.45. The summed E-state index contributed by atoms with van der Waals surface area (Å²) in [5.74, 6) is 0.418. The Kier molecular flexibility index (Phi) is 3.68. The number of rotatable bonds is 4. The molecule has 1 saturated heterocycles. The summed E-state index contributed by atoms with van der Waals surface area (Å²) in [7, 11) is -1.97. The van der Waals surface area contributed by atoms with Crippen molar-refractivity contribution < 1.29 is 13.2 Å². The number of ether oxygens (including phenoxy) is 1. The molecule has 102 valence electrons. The van der Waals surface area contributed by atoms with Gasteiger partial charge in [-0.1, -0.05) is 6.92 Å². The number of hydrogen-bond acceptors (Lipinski definition) is 5. The predicted molar refractivity (Wildman–Crippen MR) is 71.4 cm³/mol. The van der Waals surface area contributed by atoms with Crippen LogP contribution in [-0.4, -0.2) is 39.5 Å². The van der Waals surface area contributed by atoms with Crippen molar-refractivity contribution in [1.29, 1.82) is 0 Å². The molecule has 1 aliphatic heterocycles. The maximum atomic E-state index is 12.5. The highest BCUT2D eigenvalue weighted by Gasteiger charge is 2.40. The molecule has 2 N–H and O–H groups in total. The summed E-state index contributed by atoms with van der Waals surface area (Å²) in [6.07, 6.45) is 0.802. The number of sulfonamides is 1. The van der Waals surface area contributed by atoms with Gasteiger partial charge < -0.3 is 10.5 Å². The average molecular weight is 290 g/mol. The average Bonchev–Trinajstić information content (AvgIpc) is 2.96. The van der Waals surface area contributed by atoms with Gasteiger partial charge in [-0.25, -0.2) is 8.42 Å². The molecular formula is C11H18N2O3S2. The van der Waals surface area contributed by atoms with Crippen LogP contribution < -0.4 is 10.5 Å². The lowest BCUT2D eigenvalue weighted by Gasteiger charge is -2.22. The SMILES string of the molecule is COc1ccsc1S(=O)(=O)N1CCC(C)(CN)C1. The Bertz CT molecular complexity index is 526. The lowest BCUT2D eigenvalue weighted by molar-refractivity contribution is 0.348. The number of thiophene rings is 1. The van der Waals surface area contributed by atoms with Crippen molar-refractivity contribution in [2.24, 2.45) is 11.1 Å². The van der Waals surface area contributed by atoms with E-state index in [4.69, 9.17) is 10.5 Å². The molecule has 1 unspecified atom stereocenters. The second-order valence-corrected chi connectivity index (χ2v) is 7.93. The zero-order valence-electron chi connectivity index (χ0n) is 10.5. The summed E-state index contributed by atoms with van der Waals surface area (Å²) in [5, 5.41) is 1.73. The second-order valence-electron chi connectivity index (χ2n) is 4.88. The van der Waals surface area contributed by atoms with Crippen LogP contribution in [0.1, 0.15) is 13.3 Å². The first-order chi connectivity index (χ1) is 8.43. The van der Waals surface area contributed by atoms with Gasteiger partial charge in [0.25, 0.3) is 10.0 Å². The van der Waals surface area contributed by atoms with E-state index in [9.17, 15) is 8.42 Å². The first-order valence-electron chi connectivity index (χ1n) is 5.75. The third kappa shape index (κ3) is 2.27. The van der Waals surface area contributed by atoms with Crippen molar-refractivity contribution in [2.75, 3.05) is 26.7 Å². The van der Waals surface area contributed by atoms with Gasteiger partial charge in [0.1, 0.15) is 5.75 Å². The van der Waals surface area contributed by atoms with Crippen molar-refractivity contribution in [2.45, 2.75) is 17.6 Å². The topological polar surface area (TPSA) is 72.6 Å². The van der Waals surface area contributed by atoms with Crippen LogP contribution in [0.3, 0.4) is 0 Å². The van der Waals surface area contributed by atoms with Crippen LogP contribution >= 0.6 is 11.3 Å². The highest BCUT2D eigenvalue weighted by Crippen LogP contribution is 2.37. The van der Waals surface area contributed by atoms with Gasteiger partial charge in [0.05, 0.1) is 7.11 Å². The minimum Gasteiger partial charge on any atom is -0.494 e. The van der Waals surface area contributed by atoms with E-state index in [0.717, 1.165) is 6.42 Å².